The Hall–Kier alpha value is -1.72. The van der Waals surface area contributed by atoms with Crippen LogP contribution >= 0.6 is 11.3 Å². The van der Waals surface area contributed by atoms with E-state index in [1.807, 2.05) is 36.6 Å². The Morgan fingerprint density at radius 3 is 2.61 bits per heavy atom. The first-order chi connectivity index (χ1) is 11.1. The van der Waals surface area contributed by atoms with Crippen molar-refractivity contribution in [2.45, 2.75) is 32.2 Å². The molecule has 1 aromatic carbocycles. The molecule has 2 aliphatic rings. The van der Waals surface area contributed by atoms with Crippen LogP contribution in [0.4, 0.5) is 5.69 Å². The number of rotatable bonds is 3. The molecule has 2 bridgehead atoms. The van der Waals surface area contributed by atoms with Gasteiger partial charge in [0, 0.05) is 28.4 Å². The summed E-state index contributed by atoms with van der Waals surface area (Å²) in [6.45, 7) is 1.99. The lowest BCUT2D eigenvalue weighted by Crippen LogP contribution is -2.42. The molecule has 0 aliphatic heterocycles. The second-order valence-corrected chi connectivity index (χ2v) is 7.66. The van der Waals surface area contributed by atoms with Crippen LogP contribution in [0.3, 0.4) is 0 Å². The lowest BCUT2D eigenvalue weighted by Gasteiger charge is -2.27. The monoisotopic (exact) mass is 327 g/mol. The van der Waals surface area contributed by atoms with Crippen molar-refractivity contribution in [3.63, 3.8) is 0 Å². The SMILES string of the molecule is Cc1csc(-c2ccc(NC(=O)C3C4CCC(C4)C3N)cc2)n1. The fourth-order valence-corrected chi connectivity index (χ4v) is 4.94. The summed E-state index contributed by atoms with van der Waals surface area (Å²) in [5.74, 6) is 1.09. The Morgan fingerprint density at radius 2 is 2.00 bits per heavy atom. The lowest BCUT2D eigenvalue weighted by molar-refractivity contribution is -0.121. The summed E-state index contributed by atoms with van der Waals surface area (Å²) in [6.07, 6.45) is 3.47. The van der Waals surface area contributed by atoms with Crippen LogP contribution in [0.1, 0.15) is 25.0 Å². The van der Waals surface area contributed by atoms with Crippen molar-refractivity contribution >= 4 is 22.9 Å². The van der Waals surface area contributed by atoms with E-state index in [-0.39, 0.29) is 17.9 Å². The zero-order valence-electron chi connectivity index (χ0n) is 13.2. The van der Waals surface area contributed by atoms with E-state index in [2.05, 4.69) is 10.3 Å². The number of carbonyl (C=O) groups excluding carboxylic acids is 1. The predicted octanol–water partition coefficient (Wildman–Crippen LogP) is 3.43. The average Bonchev–Trinajstić information content (AvgIpc) is 3.24. The fourth-order valence-electron chi connectivity index (χ4n) is 4.13. The standard InChI is InChI=1S/C18H21N3OS/c1-10-9-23-18(20-10)11-4-6-14(7-5-11)21-17(22)15-12-2-3-13(8-12)16(15)19/h4-7,9,12-13,15-16H,2-3,8,19H2,1H3,(H,21,22). The average molecular weight is 327 g/mol. The number of nitrogens with zero attached hydrogens (tertiary/aromatic N) is 1. The van der Waals surface area contributed by atoms with Gasteiger partial charge in [-0.1, -0.05) is 0 Å². The molecule has 2 aliphatic carbocycles. The van der Waals surface area contributed by atoms with Crippen LogP contribution in [0, 0.1) is 24.7 Å². The number of nitrogens with one attached hydrogen (secondary N) is 1. The van der Waals surface area contributed by atoms with Crippen molar-refractivity contribution < 1.29 is 4.79 Å². The quantitative estimate of drug-likeness (QED) is 0.907. The minimum Gasteiger partial charge on any atom is -0.327 e. The molecule has 3 N–H and O–H groups in total. The number of aromatic nitrogens is 1. The van der Waals surface area contributed by atoms with Gasteiger partial charge in [0.05, 0.1) is 5.92 Å². The lowest BCUT2D eigenvalue weighted by atomic mass is 9.84. The number of hydrogen-bond acceptors (Lipinski definition) is 4. The fraction of sp³-hybridized carbons (Fsp3) is 0.444. The number of amides is 1. The van der Waals surface area contributed by atoms with Gasteiger partial charge < -0.3 is 11.1 Å². The Labute approximate surface area is 140 Å². The minimum absolute atomic E-state index is 0.0185. The molecular formula is C18H21N3OS. The number of fused-ring (bicyclic) bond motifs is 2. The molecule has 5 heteroatoms. The Morgan fingerprint density at radius 1 is 1.26 bits per heavy atom. The van der Waals surface area contributed by atoms with Crippen LogP contribution in [0.15, 0.2) is 29.6 Å². The summed E-state index contributed by atoms with van der Waals surface area (Å²) >= 11 is 1.64. The molecule has 1 amide bonds. The minimum atomic E-state index is -0.0185. The van der Waals surface area contributed by atoms with Crippen LogP contribution in [0.2, 0.25) is 0 Å². The van der Waals surface area contributed by atoms with E-state index in [0.717, 1.165) is 34.8 Å². The summed E-state index contributed by atoms with van der Waals surface area (Å²) in [5.41, 5.74) is 9.20. The van der Waals surface area contributed by atoms with Gasteiger partial charge in [-0.3, -0.25) is 4.79 Å². The molecule has 0 saturated heterocycles. The zero-order chi connectivity index (χ0) is 16.0. The highest BCUT2D eigenvalue weighted by atomic mass is 32.1. The van der Waals surface area contributed by atoms with Gasteiger partial charge in [-0.25, -0.2) is 4.98 Å². The highest BCUT2D eigenvalue weighted by Crippen LogP contribution is 2.47. The Bertz CT molecular complexity index is 722. The zero-order valence-corrected chi connectivity index (χ0v) is 14.0. The molecule has 1 aromatic heterocycles. The van der Waals surface area contributed by atoms with Crippen molar-refractivity contribution in [1.82, 2.24) is 4.98 Å². The number of nitrogens with two attached hydrogens (primary N) is 1. The van der Waals surface area contributed by atoms with E-state index in [9.17, 15) is 4.79 Å². The molecule has 4 nitrogen and oxygen atoms in total. The molecule has 4 atom stereocenters. The number of aryl methyl sites for hydroxylation is 1. The number of hydrogen-bond donors (Lipinski definition) is 2. The normalized spacial score (nSPS) is 29.0. The third-order valence-electron chi connectivity index (χ3n) is 5.30. The number of thiazole rings is 1. The number of anilines is 1. The van der Waals surface area contributed by atoms with Crippen LogP contribution < -0.4 is 11.1 Å². The summed E-state index contributed by atoms with van der Waals surface area (Å²) in [5, 5.41) is 6.10. The van der Waals surface area contributed by atoms with E-state index in [1.54, 1.807) is 11.3 Å². The van der Waals surface area contributed by atoms with Crippen molar-refractivity contribution in [2.24, 2.45) is 23.5 Å². The largest absolute Gasteiger partial charge is 0.327 e. The van der Waals surface area contributed by atoms with Crippen LogP contribution in [-0.2, 0) is 4.79 Å². The van der Waals surface area contributed by atoms with Crippen molar-refractivity contribution in [3.05, 3.63) is 35.3 Å². The van der Waals surface area contributed by atoms with Crippen LogP contribution in [0.5, 0.6) is 0 Å². The van der Waals surface area contributed by atoms with E-state index in [0.29, 0.717) is 11.8 Å². The molecule has 2 saturated carbocycles. The molecule has 2 fully saturated rings. The molecule has 120 valence electrons. The van der Waals surface area contributed by atoms with E-state index in [4.69, 9.17) is 5.73 Å². The van der Waals surface area contributed by atoms with Crippen molar-refractivity contribution in [3.8, 4) is 10.6 Å². The van der Waals surface area contributed by atoms with Crippen LogP contribution in [-0.4, -0.2) is 16.9 Å². The number of carbonyl (C=O) groups is 1. The van der Waals surface area contributed by atoms with Crippen LogP contribution in [0.25, 0.3) is 10.6 Å². The maximum absolute atomic E-state index is 12.6. The third kappa shape index (κ3) is 2.68. The van der Waals surface area contributed by atoms with Gasteiger partial charge in [0.2, 0.25) is 5.91 Å². The van der Waals surface area contributed by atoms with E-state index >= 15 is 0 Å². The molecule has 4 rings (SSSR count). The van der Waals surface area contributed by atoms with E-state index in [1.165, 1.54) is 6.42 Å². The molecule has 1 heterocycles. The first-order valence-corrected chi connectivity index (χ1v) is 9.09. The summed E-state index contributed by atoms with van der Waals surface area (Å²) < 4.78 is 0. The molecule has 4 unspecified atom stereocenters. The topological polar surface area (TPSA) is 68.0 Å². The Balaban J connectivity index is 1.46. The second-order valence-electron chi connectivity index (χ2n) is 6.80. The Kier molecular flexibility index (Phi) is 3.70. The molecular weight excluding hydrogens is 306 g/mol. The maximum Gasteiger partial charge on any atom is 0.229 e. The van der Waals surface area contributed by atoms with Gasteiger partial charge >= 0.3 is 0 Å². The van der Waals surface area contributed by atoms with Crippen molar-refractivity contribution in [1.29, 1.82) is 0 Å². The molecule has 0 radical (unpaired) electrons. The predicted molar refractivity (Wildman–Crippen MR) is 93.2 cm³/mol. The highest BCUT2D eigenvalue weighted by Gasteiger charge is 2.49. The first kappa shape index (κ1) is 14.8. The maximum atomic E-state index is 12.6. The summed E-state index contributed by atoms with van der Waals surface area (Å²) in [4.78, 5) is 17.1. The van der Waals surface area contributed by atoms with Gasteiger partial charge in [-0.15, -0.1) is 11.3 Å². The molecule has 0 spiro atoms. The van der Waals surface area contributed by atoms with Gasteiger partial charge in [0.25, 0.3) is 0 Å². The smallest absolute Gasteiger partial charge is 0.229 e. The first-order valence-electron chi connectivity index (χ1n) is 8.21. The second kappa shape index (κ2) is 5.73. The summed E-state index contributed by atoms with van der Waals surface area (Å²) in [6, 6.07) is 7.94. The van der Waals surface area contributed by atoms with Gasteiger partial charge in [0.1, 0.15) is 5.01 Å². The van der Waals surface area contributed by atoms with Gasteiger partial charge in [0.15, 0.2) is 0 Å². The molecule has 23 heavy (non-hydrogen) atoms. The van der Waals surface area contributed by atoms with Crippen molar-refractivity contribution in [2.75, 3.05) is 5.32 Å². The third-order valence-corrected chi connectivity index (χ3v) is 6.31. The van der Waals surface area contributed by atoms with Gasteiger partial charge in [-0.05, 0) is 62.3 Å². The summed E-state index contributed by atoms with van der Waals surface area (Å²) in [7, 11) is 0. The molecule has 2 aromatic rings. The highest BCUT2D eigenvalue weighted by molar-refractivity contribution is 7.13. The number of benzene rings is 1. The van der Waals surface area contributed by atoms with E-state index < -0.39 is 0 Å². The van der Waals surface area contributed by atoms with Gasteiger partial charge in [-0.2, -0.15) is 0 Å².